The number of hydrogen-bond acceptors (Lipinski definition) is 5. The predicted molar refractivity (Wildman–Crippen MR) is 122 cm³/mol. The molecule has 0 unspecified atom stereocenters. The number of thioether (sulfide) groups is 1. The Balaban J connectivity index is 1.54. The molecular formula is C24H23N3O3S. The van der Waals surface area contributed by atoms with E-state index in [4.69, 9.17) is 4.42 Å². The molecule has 158 valence electrons. The van der Waals surface area contributed by atoms with Crippen molar-refractivity contribution in [2.45, 2.75) is 25.2 Å². The summed E-state index contributed by atoms with van der Waals surface area (Å²) in [6, 6.07) is 19.0. The second-order valence-electron chi connectivity index (χ2n) is 7.41. The van der Waals surface area contributed by atoms with E-state index in [1.165, 1.54) is 17.3 Å². The summed E-state index contributed by atoms with van der Waals surface area (Å²) in [5.41, 5.74) is 2.73. The third-order valence-electron chi connectivity index (χ3n) is 5.01. The molecule has 0 N–H and O–H groups in total. The molecule has 0 saturated carbocycles. The van der Waals surface area contributed by atoms with Gasteiger partial charge in [0.25, 0.3) is 5.56 Å². The van der Waals surface area contributed by atoms with Gasteiger partial charge in [-0.3, -0.25) is 14.2 Å². The summed E-state index contributed by atoms with van der Waals surface area (Å²) in [7, 11) is 1.78. The van der Waals surface area contributed by atoms with Crippen LogP contribution in [0.2, 0.25) is 0 Å². The zero-order chi connectivity index (χ0) is 21.8. The van der Waals surface area contributed by atoms with Crippen molar-refractivity contribution in [3.63, 3.8) is 0 Å². The molecule has 1 amide bonds. The molecule has 0 aliphatic carbocycles. The van der Waals surface area contributed by atoms with Crippen molar-refractivity contribution in [1.29, 1.82) is 0 Å². The Kier molecular flexibility index (Phi) is 6.23. The lowest BCUT2D eigenvalue weighted by Gasteiger charge is -2.18. The molecule has 4 aromatic rings. The van der Waals surface area contributed by atoms with E-state index in [9.17, 15) is 9.59 Å². The Morgan fingerprint density at radius 3 is 2.61 bits per heavy atom. The third-order valence-corrected chi connectivity index (χ3v) is 5.97. The van der Waals surface area contributed by atoms with Gasteiger partial charge in [0.1, 0.15) is 5.76 Å². The molecule has 0 radical (unpaired) electrons. The number of para-hydroxylation sites is 1. The van der Waals surface area contributed by atoms with Gasteiger partial charge in [0.2, 0.25) is 5.91 Å². The normalized spacial score (nSPS) is 11.0. The first-order valence-corrected chi connectivity index (χ1v) is 10.9. The van der Waals surface area contributed by atoms with Gasteiger partial charge >= 0.3 is 0 Å². The lowest BCUT2D eigenvalue weighted by atomic mass is 10.1. The fourth-order valence-corrected chi connectivity index (χ4v) is 4.19. The van der Waals surface area contributed by atoms with Gasteiger partial charge in [-0.25, -0.2) is 4.98 Å². The number of furan rings is 1. The van der Waals surface area contributed by atoms with Crippen molar-refractivity contribution >= 4 is 28.6 Å². The molecule has 4 rings (SSSR count). The highest BCUT2D eigenvalue weighted by atomic mass is 32.2. The number of nitrogens with zero attached hydrogens (tertiary/aromatic N) is 3. The summed E-state index contributed by atoms with van der Waals surface area (Å²) >= 11 is 1.27. The average Bonchev–Trinajstić information content (AvgIpc) is 3.29. The van der Waals surface area contributed by atoms with Crippen LogP contribution in [0.25, 0.3) is 10.9 Å². The van der Waals surface area contributed by atoms with Crippen molar-refractivity contribution in [3.8, 4) is 0 Å². The molecule has 0 bridgehead atoms. The van der Waals surface area contributed by atoms with Gasteiger partial charge in [-0.05, 0) is 36.8 Å². The molecule has 0 saturated heterocycles. The van der Waals surface area contributed by atoms with Crippen molar-refractivity contribution in [1.82, 2.24) is 14.5 Å². The minimum atomic E-state index is -0.148. The molecular weight excluding hydrogens is 410 g/mol. The second kappa shape index (κ2) is 9.22. The number of rotatable bonds is 7. The predicted octanol–water partition coefficient (Wildman–Crippen LogP) is 4.10. The van der Waals surface area contributed by atoms with Gasteiger partial charge in [-0.1, -0.05) is 53.7 Å². The van der Waals surface area contributed by atoms with Crippen LogP contribution in [-0.4, -0.2) is 33.2 Å². The van der Waals surface area contributed by atoms with Crippen molar-refractivity contribution in [2.24, 2.45) is 0 Å². The van der Waals surface area contributed by atoms with Gasteiger partial charge in [-0.2, -0.15) is 0 Å². The van der Waals surface area contributed by atoms with Gasteiger partial charge in [0.15, 0.2) is 5.16 Å². The highest BCUT2D eigenvalue weighted by molar-refractivity contribution is 7.99. The molecule has 0 atom stereocenters. The van der Waals surface area contributed by atoms with E-state index < -0.39 is 0 Å². The Hall–Kier alpha value is -3.32. The molecule has 0 aliphatic rings. The minimum absolute atomic E-state index is 0.0301. The van der Waals surface area contributed by atoms with Crippen LogP contribution >= 0.6 is 11.8 Å². The number of aromatic nitrogens is 2. The number of aryl methyl sites for hydroxylation is 1. The molecule has 2 heterocycles. The zero-order valence-electron chi connectivity index (χ0n) is 17.4. The maximum Gasteiger partial charge on any atom is 0.262 e. The maximum absolute atomic E-state index is 13.1. The first-order valence-electron chi connectivity index (χ1n) is 9.95. The quantitative estimate of drug-likeness (QED) is 0.324. The summed E-state index contributed by atoms with van der Waals surface area (Å²) in [6.07, 6.45) is 1.57. The smallest absolute Gasteiger partial charge is 0.262 e. The standard InChI is InChI=1S/C24H23N3O3S/c1-17-9-11-18(12-10-17)14-26(2)22(28)16-31-24-25-21-8-4-3-7-20(21)23(29)27(24)15-19-6-5-13-30-19/h3-13H,14-16H2,1-2H3. The monoisotopic (exact) mass is 433 g/mol. The van der Waals surface area contributed by atoms with Crippen molar-refractivity contribution in [2.75, 3.05) is 12.8 Å². The highest BCUT2D eigenvalue weighted by Gasteiger charge is 2.16. The number of amides is 1. The third kappa shape index (κ3) is 4.88. The summed E-state index contributed by atoms with van der Waals surface area (Å²) in [6.45, 7) is 2.83. The zero-order valence-corrected chi connectivity index (χ0v) is 18.3. The SMILES string of the molecule is Cc1ccc(CN(C)C(=O)CSc2nc3ccccc3c(=O)n2Cc2ccco2)cc1. The van der Waals surface area contributed by atoms with Gasteiger partial charge in [-0.15, -0.1) is 0 Å². The molecule has 0 aliphatic heterocycles. The van der Waals surface area contributed by atoms with E-state index in [2.05, 4.69) is 4.98 Å². The van der Waals surface area contributed by atoms with E-state index >= 15 is 0 Å². The summed E-state index contributed by atoms with van der Waals surface area (Å²) in [4.78, 5) is 32.2. The first kappa shape index (κ1) is 20.9. The van der Waals surface area contributed by atoms with Crippen LogP contribution in [0, 0.1) is 6.92 Å². The van der Waals surface area contributed by atoms with E-state index in [1.54, 1.807) is 34.9 Å². The van der Waals surface area contributed by atoms with Crippen molar-refractivity contribution < 1.29 is 9.21 Å². The summed E-state index contributed by atoms with van der Waals surface area (Å²) in [5.74, 6) is 0.812. The average molecular weight is 434 g/mol. The van der Waals surface area contributed by atoms with Crippen LogP contribution < -0.4 is 5.56 Å². The highest BCUT2D eigenvalue weighted by Crippen LogP contribution is 2.20. The molecule has 6 nitrogen and oxygen atoms in total. The van der Waals surface area contributed by atoms with Crippen LogP contribution in [0.3, 0.4) is 0 Å². The van der Waals surface area contributed by atoms with Crippen LogP contribution in [-0.2, 0) is 17.9 Å². The van der Waals surface area contributed by atoms with Gasteiger partial charge < -0.3 is 9.32 Å². The van der Waals surface area contributed by atoms with E-state index in [-0.39, 0.29) is 23.8 Å². The largest absolute Gasteiger partial charge is 0.467 e. The lowest BCUT2D eigenvalue weighted by molar-refractivity contribution is -0.127. The fourth-order valence-electron chi connectivity index (χ4n) is 3.25. The molecule has 0 fully saturated rings. The van der Waals surface area contributed by atoms with E-state index in [0.717, 1.165) is 5.56 Å². The van der Waals surface area contributed by atoms with Crippen LogP contribution in [0.15, 0.2) is 81.3 Å². The second-order valence-corrected chi connectivity index (χ2v) is 8.35. The molecule has 7 heteroatoms. The Bertz CT molecular complexity index is 1250. The van der Waals surface area contributed by atoms with Crippen LogP contribution in [0.5, 0.6) is 0 Å². The lowest BCUT2D eigenvalue weighted by Crippen LogP contribution is -2.29. The molecule has 31 heavy (non-hydrogen) atoms. The Labute approximate surface area is 184 Å². The number of carbonyl (C=O) groups excluding carboxylic acids is 1. The number of hydrogen-bond donors (Lipinski definition) is 0. The maximum atomic E-state index is 13.1. The van der Waals surface area contributed by atoms with E-state index in [0.29, 0.717) is 28.4 Å². The number of fused-ring (bicyclic) bond motifs is 1. The molecule has 0 spiro atoms. The summed E-state index contributed by atoms with van der Waals surface area (Å²) in [5, 5.41) is 1.04. The van der Waals surface area contributed by atoms with E-state index in [1.807, 2.05) is 55.5 Å². The molecule has 2 aromatic carbocycles. The van der Waals surface area contributed by atoms with Crippen LogP contribution in [0.4, 0.5) is 0 Å². The van der Waals surface area contributed by atoms with Gasteiger partial charge in [0, 0.05) is 13.6 Å². The van der Waals surface area contributed by atoms with Gasteiger partial charge in [0.05, 0.1) is 29.5 Å². The molecule has 2 aromatic heterocycles. The minimum Gasteiger partial charge on any atom is -0.467 e. The first-order chi connectivity index (χ1) is 15.0. The Morgan fingerprint density at radius 1 is 1.10 bits per heavy atom. The van der Waals surface area contributed by atoms with Crippen LogP contribution in [0.1, 0.15) is 16.9 Å². The number of benzene rings is 2. The fraction of sp³-hybridized carbons (Fsp3) is 0.208. The Morgan fingerprint density at radius 2 is 1.87 bits per heavy atom. The number of carbonyl (C=O) groups is 1. The summed E-state index contributed by atoms with van der Waals surface area (Å²) < 4.78 is 6.99. The van der Waals surface area contributed by atoms with Crippen molar-refractivity contribution in [3.05, 3.63) is 94.2 Å². The topological polar surface area (TPSA) is 68.3 Å².